The molecule has 34 heavy (non-hydrogen) atoms. The SMILES string of the molecule is O=C(CSc1nc2ccccc2nc1Cc1ccccc1)N1CCN(c2ccccc2F)CC1. The Bertz CT molecular complexity index is 1290. The van der Waals surface area contributed by atoms with E-state index in [1.807, 2.05) is 58.3 Å². The number of amides is 1. The number of anilines is 1. The van der Waals surface area contributed by atoms with Crippen LogP contribution in [0.4, 0.5) is 10.1 Å². The summed E-state index contributed by atoms with van der Waals surface area (Å²) in [5.74, 6) is 0.145. The molecule has 0 atom stereocenters. The van der Waals surface area contributed by atoms with E-state index in [1.54, 1.807) is 12.1 Å². The summed E-state index contributed by atoms with van der Waals surface area (Å²) in [6.07, 6.45) is 0.663. The van der Waals surface area contributed by atoms with Gasteiger partial charge in [0.25, 0.3) is 0 Å². The van der Waals surface area contributed by atoms with Gasteiger partial charge in [-0.1, -0.05) is 66.4 Å². The van der Waals surface area contributed by atoms with Crippen molar-refractivity contribution in [2.45, 2.75) is 11.4 Å². The Balaban J connectivity index is 1.26. The van der Waals surface area contributed by atoms with Gasteiger partial charge in [-0.2, -0.15) is 0 Å². The Morgan fingerprint density at radius 2 is 1.47 bits per heavy atom. The van der Waals surface area contributed by atoms with Crippen LogP contribution in [-0.2, 0) is 11.2 Å². The molecule has 0 radical (unpaired) electrons. The molecule has 0 spiro atoms. The van der Waals surface area contributed by atoms with Crippen LogP contribution in [0.2, 0.25) is 0 Å². The Labute approximate surface area is 202 Å². The minimum atomic E-state index is -0.223. The van der Waals surface area contributed by atoms with Gasteiger partial charge in [-0.25, -0.2) is 14.4 Å². The normalized spacial score (nSPS) is 13.9. The van der Waals surface area contributed by atoms with Crippen molar-refractivity contribution in [3.05, 3.63) is 95.9 Å². The van der Waals surface area contributed by atoms with Crippen LogP contribution in [0.15, 0.2) is 83.9 Å². The summed E-state index contributed by atoms with van der Waals surface area (Å²) in [6, 6.07) is 24.8. The highest BCUT2D eigenvalue weighted by atomic mass is 32.2. The third kappa shape index (κ3) is 5.04. The number of thioether (sulfide) groups is 1. The number of halogens is 1. The molecule has 5 rings (SSSR count). The maximum atomic E-state index is 14.1. The van der Waals surface area contributed by atoms with Gasteiger partial charge in [0.15, 0.2) is 0 Å². The van der Waals surface area contributed by atoms with Gasteiger partial charge in [0.2, 0.25) is 5.91 Å². The fraction of sp³-hybridized carbons (Fsp3) is 0.222. The number of para-hydroxylation sites is 3. The molecule has 0 unspecified atom stereocenters. The molecule has 0 aliphatic carbocycles. The van der Waals surface area contributed by atoms with Crippen molar-refractivity contribution in [2.24, 2.45) is 0 Å². The van der Waals surface area contributed by atoms with Crippen molar-refractivity contribution in [3.8, 4) is 0 Å². The first-order valence-electron chi connectivity index (χ1n) is 11.4. The summed E-state index contributed by atoms with van der Waals surface area (Å²) in [6.45, 7) is 2.39. The lowest BCUT2D eigenvalue weighted by atomic mass is 10.1. The summed E-state index contributed by atoms with van der Waals surface area (Å²) < 4.78 is 14.1. The Morgan fingerprint density at radius 3 is 2.21 bits per heavy atom. The molecule has 1 amide bonds. The third-order valence-electron chi connectivity index (χ3n) is 5.98. The van der Waals surface area contributed by atoms with Crippen LogP contribution in [0, 0.1) is 5.82 Å². The largest absolute Gasteiger partial charge is 0.366 e. The first kappa shape index (κ1) is 22.3. The van der Waals surface area contributed by atoms with Crippen molar-refractivity contribution in [2.75, 3.05) is 36.8 Å². The molecular weight excluding hydrogens is 447 g/mol. The zero-order valence-electron chi connectivity index (χ0n) is 18.7. The van der Waals surface area contributed by atoms with Gasteiger partial charge in [-0.3, -0.25) is 4.79 Å². The monoisotopic (exact) mass is 472 g/mol. The van der Waals surface area contributed by atoms with Crippen LogP contribution < -0.4 is 4.90 Å². The second-order valence-corrected chi connectivity index (χ2v) is 9.20. The van der Waals surface area contributed by atoms with Crippen LogP contribution >= 0.6 is 11.8 Å². The molecule has 1 aliphatic heterocycles. The lowest BCUT2D eigenvalue weighted by molar-refractivity contribution is -0.128. The number of fused-ring (bicyclic) bond motifs is 1. The Hall–Kier alpha value is -3.45. The van der Waals surface area contributed by atoms with Gasteiger partial charge in [-0.05, 0) is 29.8 Å². The van der Waals surface area contributed by atoms with Gasteiger partial charge in [0, 0.05) is 32.6 Å². The zero-order chi connectivity index (χ0) is 23.3. The Morgan fingerprint density at radius 1 is 0.824 bits per heavy atom. The third-order valence-corrected chi connectivity index (χ3v) is 6.97. The summed E-state index contributed by atoms with van der Waals surface area (Å²) in [7, 11) is 0. The number of piperazine rings is 1. The lowest BCUT2D eigenvalue weighted by Gasteiger charge is -2.36. The molecular formula is C27H25FN4OS. The van der Waals surface area contributed by atoms with E-state index in [2.05, 4.69) is 12.1 Å². The van der Waals surface area contributed by atoms with E-state index in [0.717, 1.165) is 27.3 Å². The first-order valence-corrected chi connectivity index (χ1v) is 12.4. The van der Waals surface area contributed by atoms with Crippen LogP contribution in [-0.4, -0.2) is 52.7 Å². The quantitative estimate of drug-likeness (QED) is 0.377. The highest BCUT2D eigenvalue weighted by Crippen LogP contribution is 2.26. The van der Waals surface area contributed by atoms with E-state index < -0.39 is 0 Å². The number of carbonyl (C=O) groups excluding carboxylic acids is 1. The summed E-state index contributed by atoms with van der Waals surface area (Å²) in [4.78, 5) is 26.5. The molecule has 0 bridgehead atoms. The van der Waals surface area contributed by atoms with Crippen molar-refractivity contribution < 1.29 is 9.18 Å². The summed E-state index contributed by atoms with van der Waals surface area (Å²) in [5.41, 5.74) is 4.32. The average Bonchev–Trinajstić information content (AvgIpc) is 2.88. The van der Waals surface area contributed by atoms with Gasteiger partial charge in [0.05, 0.1) is 28.2 Å². The van der Waals surface area contributed by atoms with Crippen molar-refractivity contribution in [1.82, 2.24) is 14.9 Å². The van der Waals surface area contributed by atoms with E-state index in [9.17, 15) is 9.18 Å². The standard InChI is InChI=1S/C27H25FN4OS/c28-21-10-4-7-13-25(21)31-14-16-32(17-15-31)26(33)19-34-27-24(18-20-8-2-1-3-9-20)29-22-11-5-6-12-23(22)30-27/h1-13H,14-19H2. The Kier molecular flexibility index (Phi) is 6.72. The molecule has 1 fully saturated rings. The van der Waals surface area contributed by atoms with E-state index in [0.29, 0.717) is 44.0 Å². The van der Waals surface area contributed by atoms with Crippen LogP contribution in [0.25, 0.3) is 11.0 Å². The number of aromatic nitrogens is 2. The number of hydrogen-bond donors (Lipinski definition) is 0. The molecule has 0 N–H and O–H groups in total. The van der Waals surface area contributed by atoms with E-state index in [1.165, 1.54) is 17.8 Å². The molecule has 2 heterocycles. The van der Waals surface area contributed by atoms with Crippen molar-refractivity contribution in [1.29, 1.82) is 0 Å². The molecule has 0 saturated carbocycles. The topological polar surface area (TPSA) is 49.3 Å². The van der Waals surface area contributed by atoms with E-state index in [-0.39, 0.29) is 11.7 Å². The number of rotatable bonds is 6. The maximum absolute atomic E-state index is 14.1. The molecule has 1 aromatic heterocycles. The first-order chi connectivity index (χ1) is 16.7. The molecule has 172 valence electrons. The van der Waals surface area contributed by atoms with Crippen LogP contribution in [0.3, 0.4) is 0 Å². The molecule has 1 aliphatic rings. The maximum Gasteiger partial charge on any atom is 0.233 e. The minimum absolute atomic E-state index is 0.0683. The van der Waals surface area contributed by atoms with Crippen molar-refractivity contribution >= 4 is 34.4 Å². The van der Waals surface area contributed by atoms with Crippen LogP contribution in [0.1, 0.15) is 11.3 Å². The van der Waals surface area contributed by atoms with E-state index >= 15 is 0 Å². The molecule has 1 saturated heterocycles. The number of hydrogen-bond acceptors (Lipinski definition) is 5. The van der Waals surface area contributed by atoms with Gasteiger partial charge < -0.3 is 9.80 Å². The van der Waals surface area contributed by atoms with Gasteiger partial charge in [-0.15, -0.1) is 0 Å². The molecule has 4 aromatic rings. The highest BCUT2D eigenvalue weighted by molar-refractivity contribution is 7.99. The lowest BCUT2D eigenvalue weighted by Crippen LogP contribution is -2.49. The fourth-order valence-corrected chi connectivity index (χ4v) is 5.06. The molecule has 7 heteroatoms. The zero-order valence-corrected chi connectivity index (χ0v) is 19.5. The fourth-order valence-electron chi connectivity index (χ4n) is 4.17. The van der Waals surface area contributed by atoms with E-state index in [4.69, 9.17) is 9.97 Å². The number of carbonyl (C=O) groups is 1. The van der Waals surface area contributed by atoms with Crippen LogP contribution in [0.5, 0.6) is 0 Å². The summed E-state index contributed by atoms with van der Waals surface area (Å²) in [5, 5.41) is 0.792. The smallest absolute Gasteiger partial charge is 0.233 e. The van der Waals surface area contributed by atoms with Gasteiger partial charge in [0.1, 0.15) is 10.8 Å². The average molecular weight is 473 g/mol. The molecule has 5 nitrogen and oxygen atoms in total. The van der Waals surface area contributed by atoms with Gasteiger partial charge >= 0.3 is 0 Å². The predicted octanol–water partition coefficient (Wildman–Crippen LogP) is 4.80. The second kappa shape index (κ2) is 10.2. The molecule has 3 aromatic carbocycles. The number of benzene rings is 3. The van der Waals surface area contributed by atoms with Crippen molar-refractivity contribution in [3.63, 3.8) is 0 Å². The highest BCUT2D eigenvalue weighted by Gasteiger charge is 2.23. The predicted molar refractivity (Wildman–Crippen MR) is 135 cm³/mol. The minimum Gasteiger partial charge on any atom is -0.366 e. The summed E-state index contributed by atoms with van der Waals surface area (Å²) >= 11 is 1.44. The second-order valence-electron chi connectivity index (χ2n) is 8.23. The number of nitrogens with zero attached hydrogens (tertiary/aromatic N) is 4.